The first-order valence-electron chi connectivity index (χ1n) is 6.78. The molecule has 0 radical (unpaired) electrons. The van der Waals surface area contributed by atoms with Crippen LogP contribution in [0.5, 0.6) is 0 Å². The average Bonchev–Trinajstić information content (AvgIpc) is 2.94. The molecule has 1 fully saturated rings. The normalized spacial score (nSPS) is 14.5. The first kappa shape index (κ1) is 15.1. The van der Waals surface area contributed by atoms with Crippen molar-refractivity contribution in [2.45, 2.75) is 6.92 Å². The second-order valence-electron chi connectivity index (χ2n) is 5.03. The van der Waals surface area contributed by atoms with Crippen molar-refractivity contribution in [2.24, 2.45) is 0 Å². The Morgan fingerprint density at radius 1 is 1.09 bits per heavy atom. The SMILES string of the molecule is Cc1ccc(-n2cccc2C=C2C(=O)NC(=O)NC2=O)cc1Cl. The summed E-state index contributed by atoms with van der Waals surface area (Å²) in [5, 5.41) is 4.70. The Kier molecular flexibility index (Phi) is 3.75. The molecule has 1 aromatic carbocycles. The smallest absolute Gasteiger partial charge is 0.317 e. The van der Waals surface area contributed by atoms with Crippen molar-refractivity contribution in [3.05, 3.63) is 58.4 Å². The summed E-state index contributed by atoms with van der Waals surface area (Å²) in [6.45, 7) is 1.90. The largest absolute Gasteiger partial charge is 0.328 e. The highest BCUT2D eigenvalue weighted by Gasteiger charge is 2.28. The zero-order valence-electron chi connectivity index (χ0n) is 12.1. The van der Waals surface area contributed by atoms with E-state index in [1.807, 2.05) is 29.7 Å². The van der Waals surface area contributed by atoms with Gasteiger partial charge in [-0.15, -0.1) is 0 Å². The maximum atomic E-state index is 11.8. The van der Waals surface area contributed by atoms with E-state index < -0.39 is 17.8 Å². The Bertz CT molecular complexity index is 845. The topological polar surface area (TPSA) is 80.2 Å². The van der Waals surface area contributed by atoms with E-state index in [1.165, 1.54) is 6.08 Å². The van der Waals surface area contributed by atoms with Crippen LogP contribution >= 0.6 is 11.6 Å². The van der Waals surface area contributed by atoms with Crippen LogP contribution in [0, 0.1) is 6.92 Å². The predicted octanol–water partition coefficient (Wildman–Crippen LogP) is 2.19. The summed E-state index contributed by atoms with van der Waals surface area (Å²) in [5.41, 5.74) is 2.22. The van der Waals surface area contributed by atoms with Gasteiger partial charge < -0.3 is 4.57 Å². The van der Waals surface area contributed by atoms with Gasteiger partial charge >= 0.3 is 6.03 Å². The molecule has 2 N–H and O–H groups in total. The maximum absolute atomic E-state index is 11.8. The molecule has 0 saturated carbocycles. The highest BCUT2D eigenvalue weighted by Crippen LogP contribution is 2.22. The average molecular weight is 330 g/mol. The summed E-state index contributed by atoms with van der Waals surface area (Å²) in [6.07, 6.45) is 3.21. The van der Waals surface area contributed by atoms with E-state index in [0.717, 1.165) is 11.3 Å². The Morgan fingerprint density at radius 3 is 2.43 bits per heavy atom. The number of nitrogens with zero attached hydrogens (tertiary/aromatic N) is 1. The van der Waals surface area contributed by atoms with E-state index >= 15 is 0 Å². The van der Waals surface area contributed by atoms with E-state index in [4.69, 9.17) is 11.6 Å². The van der Waals surface area contributed by atoms with E-state index in [9.17, 15) is 14.4 Å². The minimum absolute atomic E-state index is 0.136. The molecule has 0 unspecified atom stereocenters. The number of aryl methyl sites for hydroxylation is 1. The lowest BCUT2D eigenvalue weighted by Gasteiger charge is -2.14. The number of nitrogens with one attached hydrogen (secondary N) is 2. The van der Waals surface area contributed by atoms with Crippen LogP contribution in [-0.2, 0) is 9.59 Å². The molecule has 3 rings (SSSR count). The summed E-state index contributed by atoms with van der Waals surface area (Å²) in [5.74, 6) is -1.46. The molecule has 7 heteroatoms. The Hall–Kier alpha value is -2.86. The van der Waals surface area contributed by atoms with Crippen molar-refractivity contribution < 1.29 is 14.4 Å². The van der Waals surface area contributed by atoms with Crippen LogP contribution in [-0.4, -0.2) is 22.4 Å². The van der Waals surface area contributed by atoms with Crippen LogP contribution in [0.1, 0.15) is 11.3 Å². The van der Waals surface area contributed by atoms with Gasteiger partial charge in [-0.2, -0.15) is 0 Å². The third-order valence-electron chi connectivity index (χ3n) is 3.45. The van der Waals surface area contributed by atoms with Gasteiger partial charge in [-0.05, 0) is 42.8 Å². The number of urea groups is 1. The first-order valence-corrected chi connectivity index (χ1v) is 7.16. The third kappa shape index (κ3) is 2.89. The number of imide groups is 2. The quantitative estimate of drug-likeness (QED) is 0.654. The van der Waals surface area contributed by atoms with E-state index in [1.54, 1.807) is 29.0 Å². The van der Waals surface area contributed by atoms with Crippen molar-refractivity contribution in [3.8, 4) is 5.69 Å². The van der Waals surface area contributed by atoms with Crippen molar-refractivity contribution in [1.29, 1.82) is 0 Å². The standard InChI is InChI=1S/C16H12ClN3O3/c1-9-4-5-11(8-13(9)17)20-6-2-3-10(20)7-12-14(21)18-16(23)19-15(12)22/h2-8H,1H3,(H2,18,19,21,22,23). The lowest BCUT2D eigenvalue weighted by molar-refractivity contribution is -0.123. The van der Waals surface area contributed by atoms with Gasteiger partial charge in [-0.1, -0.05) is 17.7 Å². The number of halogens is 1. The molecule has 0 atom stereocenters. The van der Waals surface area contributed by atoms with Crippen LogP contribution in [0.2, 0.25) is 5.02 Å². The molecule has 116 valence electrons. The fraction of sp³-hybridized carbons (Fsp3) is 0.0625. The maximum Gasteiger partial charge on any atom is 0.328 e. The lowest BCUT2D eigenvalue weighted by atomic mass is 10.1. The van der Waals surface area contributed by atoms with Gasteiger partial charge in [0, 0.05) is 22.6 Å². The first-order chi connectivity index (χ1) is 11.0. The van der Waals surface area contributed by atoms with Gasteiger partial charge in [-0.3, -0.25) is 20.2 Å². The molecule has 6 nitrogen and oxygen atoms in total. The number of barbiturate groups is 1. The molecule has 2 aromatic rings. The number of carbonyl (C=O) groups excluding carboxylic acids is 3. The highest BCUT2D eigenvalue weighted by atomic mass is 35.5. The van der Waals surface area contributed by atoms with Crippen molar-refractivity contribution in [3.63, 3.8) is 0 Å². The molecule has 0 bridgehead atoms. The Labute approximate surface area is 136 Å². The van der Waals surface area contributed by atoms with E-state index in [2.05, 4.69) is 0 Å². The van der Waals surface area contributed by atoms with Crippen LogP contribution in [0.25, 0.3) is 11.8 Å². The van der Waals surface area contributed by atoms with E-state index in [-0.39, 0.29) is 5.57 Å². The van der Waals surface area contributed by atoms with Gasteiger partial charge in [0.2, 0.25) is 0 Å². The fourth-order valence-corrected chi connectivity index (χ4v) is 2.41. The number of hydrogen-bond donors (Lipinski definition) is 2. The molecule has 1 aliphatic heterocycles. The number of benzene rings is 1. The van der Waals surface area contributed by atoms with Gasteiger partial charge in [0.05, 0.1) is 0 Å². The highest BCUT2D eigenvalue weighted by molar-refractivity contribution is 6.31. The third-order valence-corrected chi connectivity index (χ3v) is 3.86. The van der Waals surface area contributed by atoms with Gasteiger partial charge in [0.15, 0.2) is 0 Å². The molecule has 1 aromatic heterocycles. The molecular formula is C16H12ClN3O3. The predicted molar refractivity (Wildman–Crippen MR) is 85.2 cm³/mol. The molecule has 23 heavy (non-hydrogen) atoms. The lowest BCUT2D eigenvalue weighted by Crippen LogP contribution is -2.51. The zero-order valence-corrected chi connectivity index (χ0v) is 12.8. The molecule has 0 spiro atoms. The monoisotopic (exact) mass is 329 g/mol. The minimum Gasteiger partial charge on any atom is -0.317 e. The van der Waals surface area contributed by atoms with Crippen molar-refractivity contribution >= 4 is 35.5 Å². The van der Waals surface area contributed by atoms with Crippen LogP contribution in [0.4, 0.5) is 4.79 Å². The second-order valence-corrected chi connectivity index (χ2v) is 5.44. The summed E-state index contributed by atoms with van der Waals surface area (Å²) in [6, 6.07) is 8.27. The molecule has 0 aliphatic carbocycles. The second kappa shape index (κ2) is 5.73. The van der Waals surface area contributed by atoms with Crippen LogP contribution in [0.3, 0.4) is 0 Å². The van der Waals surface area contributed by atoms with Gasteiger partial charge in [0.25, 0.3) is 11.8 Å². The number of rotatable bonds is 2. The Balaban J connectivity index is 2.02. The zero-order chi connectivity index (χ0) is 16.6. The molecule has 4 amide bonds. The number of amides is 4. The molecular weight excluding hydrogens is 318 g/mol. The van der Waals surface area contributed by atoms with Crippen molar-refractivity contribution in [1.82, 2.24) is 15.2 Å². The van der Waals surface area contributed by atoms with Crippen molar-refractivity contribution in [2.75, 3.05) is 0 Å². The molecule has 1 aliphatic rings. The van der Waals surface area contributed by atoms with Crippen LogP contribution in [0.15, 0.2) is 42.1 Å². The van der Waals surface area contributed by atoms with Gasteiger partial charge in [0.1, 0.15) is 5.57 Å². The van der Waals surface area contributed by atoms with E-state index in [0.29, 0.717) is 10.7 Å². The van der Waals surface area contributed by atoms with Gasteiger partial charge in [-0.25, -0.2) is 4.79 Å². The minimum atomic E-state index is -0.821. The summed E-state index contributed by atoms with van der Waals surface area (Å²) >= 11 is 6.14. The summed E-state index contributed by atoms with van der Waals surface area (Å²) in [4.78, 5) is 34.7. The number of aromatic nitrogens is 1. The number of hydrogen-bond acceptors (Lipinski definition) is 3. The number of carbonyl (C=O) groups is 3. The van der Waals surface area contributed by atoms with Crippen LogP contribution < -0.4 is 10.6 Å². The molecule has 1 saturated heterocycles. The molecule has 2 heterocycles. The fourth-order valence-electron chi connectivity index (χ4n) is 2.23. The summed E-state index contributed by atoms with van der Waals surface area (Å²) < 4.78 is 1.79. The summed E-state index contributed by atoms with van der Waals surface area (Å²) in [7, 11) is 0. The Morgan fingerprint density at radius 2 is 1.78 bits per heavy atom.